The molecule has 76 valence electrons. The smallest absolute Gasteiger partial charge is 0.768 e. The normalized spacial score (nSPS) is 11.7. The third-order valence-electron chi connectivity index (χ3n) is 1.68. The fourth-order valence-electron chi connectivity index (χ4n) is 0.926. The van der Waals surface area contributed by atoms with E-state index in [0.717, 1.165) is 6.07 Å². The summed E-state index contributed by atoms with van der Waals surface area (Å²) in [5.41, 5.74) is 0.197. The summed E-state index contributed by atoms with van der Waals surface area (Å²) in [6, 6.07) is 2.36. The van der Waals surface area contributed by atoms with E-state index in [-0.39, 0.29) is 40.1 Å². The fourth-order valence-corrected chi connectivity index (χ4v) is 1.95. The van der Waals surface area contributed by atoms with Gasteiger partial charge in [-0.1, -0.05) is 15.9 Å². The average Bonchev–Trinajstić information content (AvgIpc) is 2.08. The molecular weight excluding hydrogens is 297 g/mol. The molecule has 0 aliphatic rings. The average molecular weight is 302 g/mol. The van der Waals surface area contributed by atoms with Crippen LogP contribution in [0.3, 0.4) is 0 Å². The van der Waals surface area contributed by atoms with E-state index >= 15 is 0 Å². The first-order valence-corrected chi connectivity index (χ1v) is 5.34. The molecule has 1 rings (SSSR count). The van der Waals surface area contributed by atoms with Gasteiger partial charge in [0, 0.05) is 21.0 Å². The Balaban J connectivity index is 0.00000196. The molecule has 15 heavy (non-hydrogen) atoms. The summed E-state index contributed by atoms with van der Waals surface area (Å²) >= 11 is 0.597. The van der Waals surface area contributed by atoms with Crippen molar-refractivity contribution in [2.45, 2.75) is 11.8 Å². The fraction of sp³-hybridized carbons (Fsp3) is 0.143. The standard InChI is InChI=1S/C7H6BrNO4S.Na/c1-4-6(8)2-5(14(12)13)3-7(4)9(10)11;/h2-3H,1H3,(H,12,13);/q;+1/p-1. The van der Waals surface area contributed by atoms with Gasteiger partial charge in [-0.05, 0) is 24.1 Å². The monoisotopic (exact) mass is 301 g/mol. The van der Waals surface area contributed by atoms with Crippen LogP contribution >= 0.6 is 15.9 Å². The van der Waals surface area contributed by atoms with Crippen LogP contribution in [-0.4, -0.2) is 13.7 Å². The number of hydrogen-bond acceptors (Lipinski definition) is 4. The SMILES string of the molecule is Cc1c(Br)cc(S(=O)[O-])cc1[N+](=O)[O-].[Na+]. The van der Waals surface area contributed by atoms with Crippen molar-refractivity contribution in [1.29, 1.82) is 0 Å². The number of rotatable bonds is 2. The maximum atomic E-state index is 10.6. The molecule has 0 fully saturated rings. The van der Waals surface area contributed by atoms with Crippen molar-refractivity contribution in [3.8, 4) is 0 Å². The van der Waals surface area contributed by atoms with Crippen LogP contribution in [0.15, 0.2) is 21.5 Å². The minimum Gasteiger partial charge on any atom is -0.768 e. The molecule has 1 aromatic carbocycles. The van der Waals surface area contributed by atoms with E-state index in [4.69, 9.17) is 0 Å². The molecule has 0 aliphatic heterocycles. The molecule has 0 bridgehead atoms. The molecular formula is C7H5BrNNaO4S. The van der Waals surface area contributed by atoms with E-state index < -0.39 is 16.0 Å². The molecule has 0 saturated carbocycles. The summed E-state index contributed by atoms with van der Waals surface area (Å²) in [6.07, 6.45) is 0. The van der Waals surface area contributed by atoms with Crippen LogP contribution in [0.25, 0.3) is 0 Å². The van der Waals surface area contributed by atoms with Crippen molar-refractivity contribution >= 4 is 32.7 Å². The van der Waals surface area contributed by atoms with Gasteiger partial charge in [0.2, 0.25) is 0 Å². The minimum atomic E-state index is -2.46. The second-order valence-electron chi connectivity index (χ2n) is 2.54. The van der Waals surface area contributed by atoms with Crippen molar-refractivity contribution < 1.29 is 43.2 Å². The topological polar surface area (TPSA) is 83.3 Å². The summed E-state index contributed by atoms with van der Waals surface area (Å²) in [4.78, 5) is 9.82. The number of nitro benzene ring substituents is 1. The second-order valence-corrected chi connectivity index (χ2v) is 4.34. The van der Waals surface area contributed by atoms with E-state index in [1.54, 1.807) is 6.92 Å². The van der Waals surface area contributed by atoms with Crippen LogP contribution in [0.4, 0.5) is 5.69 Å². The van der Waals surface area contributed by atoms with Crippen molar-refractivity contribution in [2.24, 2.45) is 0 Å². The van der Waals surface area contributed by atoms with E-state index in [1.807, 2.05) is 0 Å². The third kappa shape index (κ3) is 3.61. The summed E-state index contributed by atoms with van der Waals surface area (Å²) in [6.45, 7) is 1.54. The summed E-state index contributed by atoms with van der Waals surface area (Å²) in [7, 11) is 0. The van der Waals surface area contributed by atoms with Gasteiger partial charge in [0.1, 0.15) is 0 Å². The van der Waals surface area contributed by atoms with Crippen molar-refractivity contribution in [2.75, 3.05) is 0 Å². The number of halogens is 1. The predicted octanol–water partition coefficient (Wildman–Crippen LogP) is -1.09. The van der Waals surface area contributed by atoms with Crippen molar-refractivity contribution in [3.05, 3.63) is 32.3 Å². The molecule has 0 amide bonds. The van der Waals surface area contributed by atoms with Gasteiger partial charge in [-0.3, -0.25) is 14.3 Å². The third-order valence-corrected chi connectivity index (χ3v) is 3.12. The molecule has 1 atom stereocenters. The molecule has 0 saturated heterocycles. The van der Waals surface area contributed by atoms with E-state index in [9.17, 15) is 18.9 Å². The van der Waals surface area contributed by atoms with Gasteiger partial charge in [0.15, 0.2) is 0 Å². The zero-order chi connectivity index (χ0) is 10.9. The van der Waals surface area contributed by atoms with Crippen LogP contribution in [0.1, 0.15) is 5.56 Å². The van der Waals surface area contributed by atoms with Gasteiger partial charge in [0.05, 0.1) is 4.92 Å². The largest absolute Gasteiger partial charge is 1.00 e. The van der Waals surface area contributed by atoms with Crippen LogP contribution < -0.4 is 29.6 Å². The van der Waals surface area contributed by atoms with Gasteiger partial charge >= 0.3 is 29.6 Å². The van der Waals surface area contributed by atoms with Gasteiger partial charge in [0.25, 0.3) is 5.69 Å². The Morgan fingerprint density at radius 3 is 2.40 bits per heavy atom. The number of hydrogen-bond donors (Lipinski definition) is 0. The minimum absolute atomic E-state index is 0. The summed E-state index contributed by atoms with van der Waals surface area (Å²) < 4.78 is 21.6. The Labute approximate surface area is 119 Å². The molecule has 0 N–H and O–H groups in total. The zero-order valence-electron chi connectivity index (χ0n) is 8.02. The molecule has 0 heterocycles. The van der Waals surface area contributed by atoms with Crippen LogP contribution in [-0.2, 0) is 11.1 Å². The molecule has 8 heteroatoms. The van der Waals surface area contributed by atoms with Gasteiger partial charge < -0.3 is 4.55 Å². The molecule has 0 radical (unpaired) electrons. The first kappa shape index (κ1) is 15.2. The van der Waals surface area contributed by atoms with Crippen LogP contribution in [0, 0.1) is 17.0 Å². The molecule has 5 nitrogen and oxygen atoms in total. The Kier molecular flexibility index (Phi) is 6.16. The predicted molar refractivity (Wildman–Crippen MR) is 52.7 cm³/mol. The van der Waals surface area contributed by atoms with Gasteiger partial charge in [-0.2, -0.15) is 0 Å². The zero-order valence-corrected chi connectivity index (χ0v) is 12.4. The van der Waals surface area contributed by atoms with E-state index in [0.29, 0.717) is 10.0 Å². The first-order chi connectivity index (χ1) is 6.43. The Bertz CT molecular complexity index is 426. The van der Waals surface area contributed by atoms with Crippen molar-refractivity contribution in [1.82, 2.24) is 0 Å². The number of nitro groups is 1. The molecule has 1 unspecified atom stereocenters. The summed E-state index contributed by atoms with van der Waals surface area (Å²) in [5.74, 6) is 0. The molecule has 0 aliphatic carbocycles. The maximum absolute atomic E-state index is 10.6. The van der Waals surface area contributed by atoms with Gasteiger partial charge in [-0.15, -0.1) is 0 Å². The maximum Gasteiger partial charge on any atom is 1.00 e. The quantitative estimate of drug-likeness (QED) is 0.301. The Morgan fingerprint density at radius 2 is 2.00 bits per heavy atom. The second kappa shape index (κ2) is 6.07. The summed E-state index contributed by atoms with van der Waals surface area (Å²) in [5, 5.41) is 10.5. The molecule has 0 aromatic heterocycles. The van der Waals surface area contributed by atoms with E-state index in [1.165, 1.54) is 6.07 Å². The van der Waals surface area contributed by atoms with Gasteiger partial charge in [-0.25, -0.2) is 0 Å². The van der Waals surface area contributed by atoms with Crippen molar-refractivity contribution in [3.63, 3.8) is 0 Å². The molecule has 0 spiro atoms. The Morgan fingerprint density at radius 1 is 1.47 bits per heavy atom. The number of nitrogens with zero attached hydrogens (tertiary/aromatic N) is 1. The van der Waals surface area contributed by atoms with Crippen LogP contribution in [0.5, 0.6) is 0 Å². The Hall–Kier alpha value is 0.210. The van der Waals surface area contributed by atoms with Crippen LogP contribution in [0.2, 0.25) is 0 Å². The molecule has 1 aromatic rings. The first-order valence-electron chi connectivity index (χ1n) is 3.47. The van der Waals surface area contributed by atoms with E-state index in [2.05, 4.69) is 15.9 Å². The number of benzene rings is 1.